The second-order valence-corrected chi connectivity index (χ2v) is 10.6. The highest BCUT2D eigenvalue weighted by Crippen LogP contribution is 2.38. The fourth-order valence-electron chi connectivity index (χ4n) is 5.15. The standard InChI is InChI=1S/C29H32O16/c1-11(32)40-27-26(45-28-25(39)24(38)22(36)20(9-30)43-28)23(37)21(10-31)44-29(27)42-19-8-13(33)7-18-14(19)3-5-17(41-18)12-2-4-15(34)16(35)6-12/h2-8,20-31,36-39H,9-10H2,1H3,(H2-,33,34,35)/p+1. The second-order valence-electron chi connectivity index (χ2n) is 10.6. The Kier molecular flexibility index (Phi) is 9.59. The van der Waals surface area contributed by atoms with Gasteiger partial charge in [0.25, 0.3) is 0 Å². The largest absolute Gasteiger partial charge is 0.507 e. The number of esters is 1. The summed E-state index contributed by atoms with van der Waals surface area (Å²) in [4.78, 5) is 12.2. The zero-order valence-electron chi connectivity index (χ0n) is 23.6. The molecular formula is C29H33O16+. The second kappa shape index (κ2) is 13.3. The SMILES string of the molecule is CC(=O)OC1C(Oc2cc(O)cc3[o+]c(-c4ccc(O)c(O)c4)ccc23)OC(CO)C(O)C1OC1OC(CO)C(O)C(O)C1O. The van der Waals surface area contributed by atoms with Crippen molar-refractivity contribution in [3.05, 3.63) is 42.5 Å². The minimum Gasteiger partial charge on any atom is -0.507 e. The van der Waals surface area contributed by atoms with Crippen molar-refractivity contribution in [2.45, 2.75) is 68.3 Å². The summed E-state index contributed by atoms with van der Waals surface area (Å²) < 4.78 is 34.2. The molecule has 2 aromatic carbocycles. The summed E-state index contributed by atoms with van der Waals surface area (Å²) in [5.41, 5.74) is 0.499. The molecule has 0 saturated carbocycles. The third-order valence-corrected chi connectivity index (χ3v) is 7.45. The van der Waals surface area contributed by atoms with E-state index in [1.165, 1.54) is 36.4 Å². The van der Waals surface area contributed by atoms with E-state index >= 15 is 0 Å². The number of rotatable bonds is 8. The Balaban J connectivity index is 1.49. The molecule has 0 aliphatic carbocycles. The van der Waals surface area contributed by atoms with Crippen LogP contribution in [0.25, 0.3) is 22.3 Å². The number of benzene rings is 2. The summed E-state index contributed by atoms with van der Waals surface area (Å²) in [5.74, 6) is -1.71. The molecule has 1 aromatic heterocycles. The Hall–Kier alpha value is -3.84. The molecule has 0 spiro atoms. The van der Waals surface area contributed by atoms with Gasteiger partial charge in [-0.3, -0.25) is 4.79 Å². The highest BCUT2D eigenvalue weighted by Gasteiger charge is 2.53. The van der Waals surface area contributed by atoms with Crippen LogP contribution in [0.2, 0.25) is 0 Å². The van der Waals surface area contributed by atoms with Gasteiger partial charge in [0.2, 0.25) is 6.29 Å². The van der Waals surface area contributed by atoms with Gasteiger partial charge in [-0.2, -0.15) is 0 Å². The smallest absolute Gasteiger partial charge is 0.368 e. The maximum atomic E-state index is 12.2. The van der Waals surface area contributed by atoms with Crippen molar-refractivity contribution in [1.29, 1.82) is 0 Å². The Morgan fingerprint density at radius 1 is 0.800 bits per heavy atom. The number of phenols is 3. The summed E-state index contributed by atoms with van der Waals surface area (Å²) in [6.07, 6.45) is -16.5. The monoisotopic (exact) mass is 637 g/mol. The number of hydrogen-bond donors (Lipinski definition) is 9. The number of aliphatic hydroxyl groups is 6. The molecule has 16 nitrogen and oxygen atoms in total. The summed E-state index contributed by atoms with van der Waals surface area (Å²) in [7, 11) is 0. The van der Waals surface area contributed by atoms with Crippen LogP contribution in [0.1, 0.15) is 6.92 Å². The van der Waals surface area contributed by atoms with Gasteiger partial charge in [-0.25, -0.2) is 4.42 Å². The van der Waals surface area contributed by atoms with Crippen LogP contribution in [0.4, 0.5) is 0 Å². The Morgan fingerprint density at radius 3 is 2.16 bits per heavy atom. The molecule has 2 fully saturated rings. The van der Waals surface area contributed by atoms with Crippen LogP contribution in [0.3, 0.4) is 0 Å². The lowest BCUT2D eigenvalue weighted by Gasteiger charge is -2.46. The van der Waals surface area contributed by atoms with Crippen molar-refractivity contribution in [1.82, 2.24) is 0 Å². The first-order chi connectivity index (χ1) is 21.4. The number of ether oxygens (including phenoxy) is 5. The molecule has 3 aromatic rings. The topological polar surface area (TPSA) is 257 Å². The van der Waals surface area contributed by atoms with E-state index in [-0.39, 0.29) is 39.7 Å². The summed E-state index contributed by atoms with van der Waals surface area (Å²) in [6, 6.07) is 9.59. The lowest BCUT2D eigenvalue weighted by Crippen LogP contribution is -2.65. The first-order valence-electron chi connectivity index (χ1n) is 13.8. The molecule has 10 unspecified atom stereocenters. The quantitative estimate of drug-likeness (QED) is 0.0821. The molecule has 5 rings (SSSR count). The molecule has 3 heterocycles. The van der Waals surface area contributed by atoms with Crippen LogP contribution in [0.15, 0.2) is 46.9 Å². The first kappa shape index (κ1) is 32.6. The van der Waals surface area contributed by atoms with E-state index in [1.54, 1.807) is 6.07 Å². The number of hydrogen-bond acceptors (Lipinski definition) is 15. The molecule has 2 saturated heterocycles. The van der Waals surface area contributed by atoms with Crippen molar-refractivity contribution in [2.24, 2.45) is 0 Å². The minimum absolute atomic E-state index is 0.0596. The highest BCUT2D eigenvalue weighted by molar-refractivity contribution is 5.86. The Labute approximate surface area is 254 Å². The number of carbonyl (C=O) groups is 1. The van der Waals surface area contributed by atoms with Crippen molar-refractivity contribution in [3.63, 3.8) is 0 Å². The summed E-state index contributed by atoms with van der Waals surface area (Å²) >= 11 is 0. The highest BCUT2D eigenvalue weighted by atomic mass is 16.7. The fraction of sp³-hybridized carbons (Fsp3) is 0.448. The molecule has 244 valence electrons. The van der Waals surface area contributed by atoms with Crippen LogP contribution < -0.4 is 4.74 Å². The van der Waals surface area contributed by atoms with Crippen molar-refractivity contribution in [3.8, 4) is 34.3 Å². The van der Waals surface area contributed by atoms with E-state index in [9.17, 15) is 50.8 Å². The normalized spacial score (nSPS) is 31.9. The molecule has 2 aliphatic heterocycles. The molecule has 16 heteroatoms. The van der Waals surface area contributed by atoms with Crippen LogP contribution in [0, 0.1) is 0 Å². The summed E-state index contributed by atoms with van der Waals surface area (Å²) in [5, 5.41) is 91.6. The summed E-state index contributed by atoms with van der Waals surface area (Å²) in [6.45, 7) is -0.482. The number of fused-ring (bicyclic) bond motifs is 1. The maximum Gasteiger partial charge on any atom is 0.368 e. The van der Waals surface area contributed by atoms with Crippen LogP contribution in [0.5, 0.6) is 23.0 Å². The Bertz CT molecular complexity index is 1510. The van der Waals surface area contributed by atoms with Gasteiger partial charge in [-0.1, -0.05) is 0 Å². The van der Waals surface area contributed by atoms with Crippen LogP contribution in [-0.4, -0.2) is 127 Å². The third kappa shape index (κ3) is 6.60. The minimum atomic E-state index is -1.87. The lowest BCUT2D eigenvalue weighted by molar-refractivity contribution is -0.353. The predicted octanol–water partition coefficient (Wildman–Crippen LogP) is -0.929. The van der Waals surface area contributed by atoms with Crippen LogP contribution in [-0.2, 0) is 23.7 Å². The first-order valence-corrected chi connectivity index (χ1v) is 13.8. The lowest BCUT2D eigenvalue weighted by atomic mass is 9.96. The van der Waals surface area contributed by atoms with E-state index in [1.807, 2.05) is 0 Å². The van der Waals surface area contributed by atoms with E-state index in [2.05, 4.69) is 0 Å². The fourth-order valence-corrected chi connectivity index (χ4v) is 5.15. The van der Waals surface area contributed by atoms with E-state index in [0.717, 1.165) is 6.92 Å². The van der Waals surface area contributed by atoms with Crippen molar-refractivity contribution < 1.29 is 78.9 Å². The van der Waals surface area contributed by atoms with Crippen molar-refractivity contribution >= 4 is 16.9 Å². The van der Waals surface area contributed by atoms with Gasteiger partial charge in [-0.05, 0) is 18.2 Å². The Morgan fingerprint density at radius 2 is 1.49 bits per heavy atom. The van der Waals surface area contributed by atoms with E-state index < -0.39 is 80.6 Å². The number of carbonyl (C=O) groups excluding carboxylic acids is 1. The average Bonchev–Trinajstić information content (AvgIpc) is 3.00. The number of aliphatic hydroxyl groups excluding tert-OH is 6. The number of phenolic OH excluding ortho intramolecular Hbond substituents is 3. The van der Waals surface area contributed by atoms with E-state index in [4.69, 9.17) is 28.1 Å². The van der Waals surface area contributed by atoms with Gasteiger partial charge in [-0.15, -0.1) is 0 Å². The number of aromatic hydroxyl groups is 3. The molecule has 45 heavy (non-hydrogen) atoms. The predicted molar refractivity (Wildman–Crippen MR) is 148 cm³/mol. The van der Waals surface area contributed by atoms with Crippen LogP contribution >= 0.6 is 0 Å². The molecule has 0 radical (unpaired) electrons. The van der Waals surface area contributed by atoms with Crippen molar-refractivity contribution in [2.75, 3.05) is 13.2 Å². The zero-order valence-corrected chi connectivity index (χ0v) is 23.6. The molecule has 0 bridgehead atoms. The van der Waals surface area contributed by atoms with Gasteiger partial charge in [0.1, 0.15) is 59.6 Å². The van der Waals surface area contributed by atoms with Gasteiger partial charge in [0, 0.05) is 25.1 Å². The maximum absolute atomic E-state index is 12.2. The van der Waals surface area contributed by atoms with Gasteiger partial charge < -0.3 is 69.6 Å². The molecule has 0 amide bonds. The van der Waals surface area contributed by atoms with E-state index in [0.29, 0.717) is 5.56 Å². The molecule has 2 aliphatic rings. The molecular weight excluding hydrogens is 604 g/mol. The molecule has 9 N–H and O–H groups in total. The van der Waals surface area contributed by atoms with Gasteiger partial charge in [0.15, 0.2) is 23.9 Å². The zero-order chi connectivity index (χ0) is 32.6. The third-order valence-electron chi connectivity index (χ3n) is 7.45. The van der Waals surface area contributed by atoms with Gasteiger partial charge in [0.05, 0.1) is 24.8 Å². The van der Waals surface area contributed by atoms with Gasteiger partial charge >= 0.3 is 17.3 Å². The average molecular weight is 638 g/mol. The molecule has 10 atom stereocenters.